The first kappa shape index (κ1) is 42.5. The summed E-state index contributed by atoms with van der Waals surface area (Å²) in [6, 6.07) is 38.7. The predicted octanol–water partition coefficient (Wildman–Crippen LogP) is 10.9. The van der Waals surface area contributed by atoms with Crippen LogP contribution in [0.15, 0.2) is 153 Å². The summed E-state index contributed by atoms with van der Waals surface area (Å²) in [5.41, 5.74) is 6.17. The Balaban J connectivity index is 0.000000184. The predicted molar refractivity (Wildman–Crippen MR) is 233 cm³/mol. The summed E-state index contributed by atoms with van der Waals surface area (Å²) < 4.78 is 25.5. The smallest absolute Gasteiger partial charge is 0.411 e. The topological polar surface area (TPSA) is 121 Å². The van der Waals surface area contributed by atoms with Gasteiger partial charge in [0.1, 0.15) is 17.0 Å². The molecule has 0 saturated carbocycles. The zero-order valence-corrected chi connectivity index (χ0v) is 34.6. The van der Waals surface area contributed by atoms with Gasteiger partial charge in [-0.15, -0.1) is 6.58 Å². The van der Waals surface area contributed by atoms with Crippen molar-refractivity contribution in [1.29, 1.82) is 0 Å². The summed E-state index contributed by atoms with van der Waals surface area (Å²) in [5, 5.41) is 16.4. The highest BCUT2D eigenvalue weighted by molar-refractivity contribution is 5.71. The molecular weight excluding hydrogens is 770 g/mol. The number of aliphatic hydroxyl groups excluding tert-OH is 1. The molecule has 4 aromatic carbocycles. The second-order valence-electron chi connectivity index (χ2n) is 15.6. The Morgan fingerprint density at radius 1 is 0.754 bits per heavy atom. The van der Waals surface area contributed by atoms with Crippen LogP contribution in [0, 0.1) is 5.82 Å². The number of rotatable bonds is 13. The minimum Gasteiger partial charge on any atom is -0.438 e. The van der Waals surface area contributed by atoms with Crippen LogP contribution in [0.2, 0.25) is 0 Å². The normalized spacial score (nSPS) is 19.8. The first-order chi connectivity index (χ1) is 29.6. The molecule has 2 aliphatic heterocycles. The Labute approximate surface area is 356 Å². The second kappa shape index (κ2) is 19.2. The maximum Gasteiger partial charge on any atom is 0.411 e. The summed E-state index contributed by atoms with van der Waals surface area (Å²) in [6.45, 7) is 9.13. The van der Waals surface area contributed by atoms with Crippen LogP contribution in [0.1, 0.15) is 80.3 Å². The molecule has 0 aliphatic carbocycles. The maximum absolute atomic E-state index is 13.5. The number of H-pyrrole nitrogens is 1. The Hall–Kier alpha value is -6.59. The number of aromatic nitrogens is 3. The second-order valence-corrected chi connectivity index (χ2v) is 15.6. The van der Waals surface area contributed by atoms with Gasteiger partial charge in [0.2, 0.25) is 0 Å². The molecule has 0 radical (unpaired) electrons. The van der Waals surface area contributed by atoms with Crippen LogP contribution in [-0.4, -0.2) is 62.0 Å². The van der Waals surface area contributed by atoms with Crippen molar-refractivity contribution in [1.82, 2.24) is 25.0 Å². The van der Waals surface area contributed by atoms with Crippen LogP contribution in [-0.2, 0) is 20.7 Å². The van der Waals surface area contributed by atoms with Crippen molar-refractivity contribution in [2.24, 2.45) is 0 Å². The van der Waals surface area contributed by atoms with Crippen LogP contribution in [0.25, 0.3) is 22.4 Å². The quantitative estimate of drug-likeness (QED) is 0.111. The van der Waals surface area contributed by atoms with E-state index < -0.39 is 11.2 Å². The third kappa shape index (κ3) is 9.58. The SMILES string of the molecule is C=CCC1(c2ccccc2)CCN(C(C)c2ccc(-c3cncc(F)c3)cc2)C(=O)O1.CC(c1ccc(-c2cc[nH]n2)cc1)N1CCC(CCCO)(c2ccccc2)OC1=O. The van der Waals surface area contributed by atoms with E-state index in [1.807, 2.05) is 129 Å². The maximum atomic E-state index is 13.5. The van der Waals surface area contributed by atoms with Gasteiger partial charge in [0.25, 0.3) is 0 Å². The number of aliphatic hydroxyl groups is 1. The van der Waals surface area contributed by atoms with E-state index in [0.717, 1.165) is 39.1 Å². The fourth-order valence-electron chi connectivity index (χ4n) is 8.35. The van der Waals surface area contributed by atoms with Gasteiger partial charge in [-0.3, -0.25) is 10.1 Å². The van der Waals surface area contributed by atoms with E-state index in [1.165, 1.54) is 12.3 Å². The molecule has 314 valence electrons. The average molecular weight is 822 g/mol. The van der Waals surface area contributed by atoms with Crippen LogP contribution < -0.4 is 0 Å². The fraction of sp³-hybridized carbons (Fsp3) is 0.280. The molecule has 4 atom stereocenters. The van der Waals surface area contributed by atoms with Gasteiger partial charge in [0.15, 0.2) is 0 Å². The number of hydrogen-bond donors (Lipinski definition) is 2. The van der Waals surface area contributed by atoms with Gasteiger partial charge in [0.05, 0.1) is 24.0 Å². The Morgan fingerprint density at radius 2 is 1.30 bits per heavy atom. The highest BCUT2D eigenvalue weighted by atomic mass is 19.1. The molecule has 2 N–H and O–H groups in total. The summed E-state index contributed by atoms with van der Waals surface area (Å²) in [7, 11) is 0. The van der Waals surface area contributed by atoms with E-state index in [9.17, 15) is 19.1 Å². The number of nitrogens with one attached hydrogen (secondary N) is 1. The van der Waals surface area contributed by atoms with E-state index in [2.05, 4.69) is 21.8 Å². The minimum atomic E-state index is -0.679. The summed E-state index contributed by atoms with van der Waals surface area (Å²) in [4.78, 5) is 33.5. The van der Waals surface area contributed by atoms with Gasteiger partial charge < -0.3 is 24.4 Å². The van der Waals surface area contributed by atoms with E-state index in [0.29, 0.717) is 50.8 Å². The van der Waals surface area contributed by atoms with Crippen LogP contribution in [0.4, 0.5) is 14.0 Å². The molecule has 2 fully saturated rings. The number of pyridine rings is 1. The largest absolute Gasteiger partial charge is 0.438 e. The first-order valence-electron chi connectivity index (χ1n) is 20.8. The standard InChI is InChI=1S/C26H25FN2O2.C24H27N3O3/c1-3-13-26(23-7-5-4-6-8-23)14-15-29(25(30)31-26)19(2)20-9-11-21(12-10-20)22-16-24(27)18-28-17-22;1-18(19-8-10-20(11-9-19)22-12-15-25-26-22)27-16-14-24(13-5-17-28,30-23(27)29)21-6-3-2-4-7-21/h3-12,16-19H,1,13-15H2,2H3;2-4,6-12,15,18,28H,5,13-14,16-17H2,1H3,(H,25,26). The van der Waals surface area contributed by atoms with E-state index in [-0.39, 0.29) is 36.7 Å². The van der Waals surface area contributed by atoms with Gasteiger partial charge in [0, 0.05) is 62.5 Å². The number of amides is 2. The van der Waals surface area contributed by atoms with Crippen molar-refractivity contribution in [3.8, 4) is 22.4 Å². The van der Waals surface area contributed by atoms with Crippen LogP contribution >= 0.6 is 0 Å². The molecule has 2 aliphatic rings. The van der Waals surface area contributed by atoms with E-state index in [4.69, 9.17) is 9.47 Å². The van der Waals surface area contributed by atoms with Crippen molar-refractivity contribution in [3.63, 3.8) is 0 Å². The summed E-state index contributed by atoms with van der Waals surface area (Å²) in [6.07, 6.45) is 8.92. The number of nitrogens with zero attached hydrogens (tertiary/aromatic N) is 4. The molecule has 2 aromatic heterocycles. The molecule has 10 nitrogen and oxygen atoms in total. The molecule has 6 aromatic rings. The highest BCUT2D eigenvalue weighted by Crippen LogP contribution is 2.42. The summed E-state index contributed by atoms with van der Waals surface area (Å²) in [5.74, 6) is -0.368. The van der Waals surface area contributed by atoms with Crippen molar-refractivity contribution in [2.45, 2.75) is 69.2 Å². The number of halogens is 1. The minimum absolute atomic E-state index is 0.0780. The van der Waals surface area contributed by atoms with Gasteiger partial charge in [-0.25, -0.2) is 14.0 Å². The van der Waals surface area contributed by atoms with Gasteiger partial charge in [-0.1, -0.05) is 115 Å². The first-order valence-corrected chi connectivity index (χ1v) is 20.8. The molecule has 11 heteroatoms. The van der Waals surface area contributed by atoms with E-state index >= 15 is 0 Å². The van der Waals surface area contributed by atoms with Crippen molar-refractivity contribution < 1.29 is 28.6 Å². The number of hydrogen-bond acceptors (Lipinski definition) is 7. The third-order valence-electron chi connectivity index (χ3n) is 11.9. The molecule has 2 amide bonds. The molecule has 0 bridgehead atoms. The van der Waals surface area contributed by atoms with Gasteiger partial charge >= 0.3 is 12.2 Å². The monoisotopic (exact) mass is 821 g/mol. The molecule has 4 unspecified atom stereocenters. The Morgan fingerprint density at radius 3 is 1.80 bits per heavy atom. The lowest BCUT2D eigenvalue weighted by Crippen LogP contribution is -2.48. The average Bonchev–Trinajstić information content (AvgIpc) is 3.85. The molecule has 8 rings (SSSR count). The molecular formula is C50H52FN5O5. The number of carbonyl (C=O) groups is 2. The third-order valence-corrected chi connectivity index (χ3v) is 11.9. The lowest BCUT2D eigenvalue weighted by Gasteiger charge is -2.43. The molecule has 61 heavy (non-hydrogen) atoms. The zero-order chi connectivity index (χ0) is 42.8. The number of ether oxygens (including phenoxy) is 2. The molecule has 2 saturated heterocycles. The zero-order valence-electron chi connectivity index (χ0n) is 34.6. The fourth-order valence-corrected chi connectivity index (χ4v) is 8.35. The molecule has 0 spiro atoms. The highest BCUT2D eigenvalue weighted by Gasteiger charge is 2.44. The van der Waals surface area contributed by atoms with Crippen molar-refractivity contribution >= 4 is 12.2 Å². The van der Waals surface area contributed by atoms with Gasteiger partial charge in [-0.05, 0) is 66.6 Å². The van der Waals surface area contributed by atoms with Crippen LogP contribution in [0.3, 0.4) is 0 Å². The molecule has 4 heterocycles. The number of cyclic esters (lactones) is 2. The van der Waals surface area contributed by atoms with Gasteiger partial charge in [-0.2, -0.15) is 5.10 Å². The lowest BCUT2D eigenvalue weighted by molar-refractivity contribution is -0.0680. The van der Waals surface area contributed by atoms with Crippen molar-refractivity contribution in [3.05, 3.63) is 181 Å². The number of benzene rings is 4. The number of aromatic amines is 1. The summed E-state index contributed by atoms with van der Waals surface area (Å²) >= 11 is 0. The van der Waals surface area contributed by atoms with E-state index in [1.54, 1.807) is 28.3 Å². The van der Waals surface area contributed by atoms with Crippen LogP contribution in [0.5, 0.6) is 0 Å². The Bertz CT molecular complexity index is 2360. The lowest BCUT2D eigenvalue weighted by atomic mass is 9.84. The van der Waals surface area contributed by atoms with Crippen molar-refractivity contribution in [2.75, 3.05) is 19.7 Å². The number of carbonyl (C=O) groups excluding carboxylic acids is 2. The Kier molecular flexibility index (Phi) is 13.4.